The van der Waals surface area contributed by atoms with Crippen LogP contribution >= 0.6 is 11.6 Å². The molecule has 2 amide bonds. The number of hydrogen-bond acceptors (Lipinski definition) is 6. The van der Waals surface area contributed by atoms with Crippen molar-refractivity contribution in [1.82, 2.24) is 15.1 Å². The molecule has 2 aliphatic heterocycles. The fraction of sp³-hybridized carbons (Fsp3) is 0.517. The summed E-state index contributed by atoms with van der Waals surface area (Å²) < 4.78 is 11.4. The van der Waals surface area contributed by atoms with Crippen LogP contribution in [-0.4, -0.2) is 79.4 Å². The zero-order valence-corrected chi connectivity index (χ0v) is 23.2. The molecular weight excluding hydrogens is 520 g/mol. The van der Waals surface area contributed by atoms with Crippen molar-refractivity contribution in [3.05, 3.63) is 53.1 Å². The molecule has 39 heavy (non-hydrogen) atoms. The number of nitrogens with two attached hydrogens (primary N) is 1. The summed E-state index contributed by atoms with van der Waals surface area (Å²) in [5.41, 5.74) is 6.57. The van der Waals surface area contributed by atoms with Crippen molar-refractivity contribution in [1.29, 1.82) is 0 Å². The molecule has 2 aromatic rings. The molecule has 2 atom stereocenters. The number of carboxylic acid groups (broad SMARTS) is 1. The van der Waals surface area contributed by atoms with Crippen molar-refractivity contribution in [3.8, 4) is 11.5 Å². The molecule has 0 aromatic heterocycles. The molecule has 2 saturated heterocycles. The van der Waals surface area contributed by atoms with E-state index in [1.54, 1.807) is 11.0 Å². The number of hydrogen-bond donors (Lipinski definition) is 3. The highest BCUT2D eigenvalue weighted by molar-refractivity contribution is 6.33. The van der Waals surface area contributed by atoms with Crippen LogP contribution in [0, 0.1) is 11.8 Å². The van der Waals surface area contributed by atoms with Crippen LogP contribution in [0.2, 0.25) is 5.02 Å². The predicted octanol–water partition coefficient (Wildman–Crippen LogP) is 4.60. The summed E-state index contributed by atoms with van der Waals surface area (Å²) in [4.78, 5) is 28.8. The Morgan fingerprint density at radius 1 is 1.13 bits per heavy atom. The van der Waals surface area contributed by atoms with Gasteiger partial charge in [-0.2, -0.15) is 0 Å². The minimum absolute atomic E-state index is 0.0568. The summed E-state index contributed by atoms with van der Waals surface area (Å²) in [7, 11) is 1.50. The van der Waals surface area contributed by atoms with Gasteiger partial charge in [-0.3, -0.25) is 4.79 Å². The van der Waals surface area contributed by atoms with Gasteiger partial charge in [0.15, 0.2) is 0 Å². The lowest BCUT2D eigenvalue weighted by Crippen LogP contribution is -2.52. The largest absolute Gasteiger partial charge is 0.496 e. The van der Waals surface area contributed by atoms with E-state index in [1.165, 1.54) is 13.2 Å². The van der Waals surface area contributed by atoms with Gasteiger partial charge in [0, 0.05) is 37.7 Å². The first kappa shape index (κ1) is 28.8. The number of carbonyl (C=O) groups is 2. The van der Waals surface area contributed by atoms with E-state index in [2.05, 4.69) is 10.2 Å². The van der Waals surface area contributed by atoms with E-state index < -0.39 is 6.09 Å². The number of likely N-dealkylation sites (tertiary alicyclic amines) is 2. The van der Waals surface area contributed by atoms with Gasteiger partial charge in [-0.25, -0.2) is 4.79 Å². The Hall–Kier alpha value is -3.17. The summed E-state index contributed by atoms with van der Waals surface area (Å²) in [5.74, 6) is 1.38. The molecule has 212 valence electrons. The normalized spacial score (nSPS) is 19.3. The second-order valence-electron chi connectivity index (χ2n) is 10.5. The Kier molecular flexibility index (Phi) is 10.2. The number of benzene rings is 2. The molecule has 2 fully saturated rings. The lowest BCUT2D eigenvalue weighted by molar-refractivity contribution is 0.0444. The first-order valence-corrected chi connectivity index (χ1v) is 14.0. The number of amides is 2. The number of nitrogens with zero attached hydrogens (tertiary/aromatic N) is 2. The summed E-state index contributed by atoms with van der Waals surface area (Å²) in [6, 6.07) is 12.7. The molecular formula is C29H39ClN4O5. The summed E-state index contributed by atoms with van der Waals surface area (Å²) >= 11 is 6.12. The van der Waals surface area contributed by atoms with Crippen LogP contribution in [0.25, 0.3) is 0 Å². The Labute approximate surface area is 235 Å². The fourth-order valence-electron chi connectivity index (χ4n) is 5.64. The van der Waals surface area contributed by atoms with Crippen LogP contribution in [0.4, 0.5) is 10.5 Å². The molecule has 0 aliphatic carbocycles. The first-order chi connectivity index (χ1) is 18.9. The van der Waals surface area contributed by atoms with Crippen molar-refractivity contribution in [2.45, 2.75) is 38.1 Å². The molecule has 2 aliphatic rings. The maximum atomic E-state index is 12.8. The molecule has 4 rings (SSSR count). The highest BCUT2D eigenvalue weighted by Crippen LogP contribution is 2.30. The molecule has 9 nitrogen and oxygen atoms in total. The van der Waals surface area contributed by atoms with E-state index in [-0.39, 0.29) is 17.9 Å². The monoisotopic (exact) mass is 558 g/mol. The summed E-state index contributed by atoms with van der Waals surface area (Å²) in [5, 5.41) is 13.2. The van der Waals surface area contributed by atoms with Crippen molar-refractivity contribution in [3.63, 3.8) is 0 Å². The molecule has 2 unspecified atom stereocenters. The quantitative estimate of drug-likeness (QED) is 0.365. The number of methoxy groups -OCH3 is 1. The minimum atomic E-state index is -0.849. The standard InChI is InChI=1S/C29H39ClN4O5/c1-38-27-16-25(31)24(30)15-23(27)28(35)32-17-20-10-13-33(14-11-20)18-21(19-39-22-7-3-2-4-8-22)26-9-5-6-12-34(26)29(36)37/h2-4,7-8,15-16,20-21,26H,5-6,9-14,17-19,31H2,1H3,(H,32,35)(H,36,37). The van der Waals surface area contributed by atoms with Crippen LogP contribution in [0.15, 0.2) is 42.5 Å². The molecule has 0 bridgehead atoms. The maximum absolute atomic E-state index is 12.8. The van der Waals surface area contributed by atoms with Crippen LogP contribution in [0.3, 0.4) is 0 Å². The number of piperidine rings is 2. The highest BCUT2D eigenvalue weighted by atomic mass is 35.5. The number of carbonyl (C=O) groups excluding carboxylic acids is 1. The predicted molar refractivity (Wildman–Crippen MR) is 152 cm³/mol. The molecule has 0 spiro atoms. The Bertz CT molecular complexity index is 1110. The molecule has 0 saturated carbocycles. The van der Waals surface area contributed by atoms with E-state index in [9.17, 15) is 14.7 Å². The first-order valence-electron chi connectivity index (χ1n) is 13.7. The Morgan fingerprint density at radius 3 is 2.56 bits per heavy atom. The number of anilines is 1. The van der Waals surface area contributed by atoms with Gasteiger partial charge >= 0.3 is 6.09 Å². The van der Waals surface area contributed by atoms with E-state index in [1.807, 2.05) is 30.3 Å². The molecule has 4 N–H and O–H groups in total. The Balaban J connectivity index is 1.32. The summed E-state index contributed by atoms with van der Waals surface area (Å²) in [6.07, 6.45) is 3.83. The number of nitrogen functional groups attached to an aromatic ring is 1. The van der Waals surface area contributed by atoms with Crippen molar-refractivity contribution < 1.29 is 24.2 Å². The number of rotatable bonds is 10. The average Bonchev–Trinajstić information content (AvgIpc) is 2.96. The second kappa shape index (κ2) is 13.8. The van der Waals surface area contributed by atoms with Gasteiger partial charge in [-0.05, 0) is 69.3 Å². The van der Waals surface area contributed by atoms with Crippen molar-refractivity contribution in [2.24, 2.45) is 11.8 Å². The van der Waals surface area contributed by atoms with E-state index in [0.717, 1.165) is 57.5 Å². The highest BCUT2D eigenvalue weighted by Gasteiger charge is 2.35. The van der Waals surface area contributed by atoms with Crippen LogP contribution < -0.4 is 20.5 Å². The van der Waals surface area contributed by atoms with Crippen molar-refractivity contribution >= 4 is 29.3 Å². The smallest absolute Gasteiger partial charge is 0.407 e. The third-order valence-electron chi connectivity index (χ3n) is 7.86. The number of halogens is 1. The zero-order valence-electron chi connectivity index (χ0n) is 22.5. The van der Waals surface area contributed by atoms with Crippen LogP contribution in [-0.2, 0) is 0 Å². The number of para-hydroxylation sites is 1. The van der Waals surface area contributed by atoms with E-state index in [0.29, 0.717) is 47.6 Å². The number of nitrogens with one attached hydrogen (secondary N) is 1. The molecule has 2 aromatic carbocycles. The van der Waals surface area contributed by atoms with Gasteiger partial charge in [-0.1, -0.05) is 29.8 Å². The minimum Gasteiger partial charge on any atom is -0.496 e. The van der Waals surface area contributed by atoms with E-state index >= 15 is 0 Å². The fourth-order valence-corrected chi connectivity index (χ4v) is 5.81. The van der Waals surface area contributed by atoms with Gasteiger partial charge < -0.3 is 35.4 Å². The molecule has 10 heteroatoms. The van der Waals surface area contributed by atoms with Gasteiger partial charge in [0.1, 0.15) is 11.5 Å². The Morgan fingerprint density at radius 2 is 1.87 bits per heavy atom. The van der Waals surface area contributed by atoms with Gasteiger partial charge in [-0.15, -0.1) is 0 Å². The lowest BCUT2D eigenvalue weighted by atomic mass is 9.89. The van der Waals surface area contributed by atoms with Crippen LogP contribution in [0.1, 0.15) is 42.5 Å². The zero-order chi connectivity index (χ0) is 27.8. The average molecular weight is 559 g/mol. The van der Waals surface area contributed by atoms with Gasteiger partial charge in [0.2, 0.25) is 0 Å². The SMILES string of the molecule is COc1cc(N)c(Cl)cc1C(=O)NCC1CCN(CC(COc2ccccc2)C2CCCCN2C(=O)O)CC1. The van der Waals surface area contributed by atoms with Crippen LogP contribution in [0.5, 0.6) is 11.5 Å². The topological polar surface area (TPSA) is 117 Å². The van der Waals surface area contributed by atoms with Gasteiger partial charge in [0.05, 0.1) is 30.0 Å². The number of ether oxygens (including phenoxy) is 2. The second-order valence-corrected chi connectivity index (χ2v) is 10.9. The third kappa shape index (κ3) is 7.70. The van der Waals surface area contributed by atoms with Crippen molar-refractivity contribution in [2.75, 3.05) is 52.2 Å². The molecule has 0 radical (unpaired) electrons. The summed E-state index contributed by atoms with van der Waals surface area (Å²) in [6.45, 7) is 4.17. The maximum Gasteiger partial charge on any atom is 0.407 e. The molecule has 2 heterocycles. The lowest BCUT2D eigenvalue weighted by Gasteiger charge is -2.41. The van der Waals surface area contributed by atoms with Gasteiger partial charge in [0.25, 0.3) is 5.91 Å². The van der Waals surface area contributed by atoms with E-state index in [4.69, 9.17) is 26.8 Å². The third-order valence-corrected chi connectivity index (χ3v) is 8.19.